The van der Waals surface area contributed by atoms with Gasteiger partial charge in [-0.3, -0.25) is 0 Å². The highest BCUT2D eigenvalue weighted by atomic mass is 79.9. The average Bonchev–Trinajstić information content (AvgIpc) is 2.59. The van der Waals surface area contributed by atoms with Gasteiger partial charge in [0.15, 0.2) is 0 Å². The topological polar surface area (TPSA) is 42.6 Å². The largest absolute Gasteiger partial charge is 0.465 e. The van der Waals surface area contributed by atoms with Crippen LogP contribution in [0.5, 0.6) is 0 Å². The van der Waals surface area contributed by atoms with Gasteiger partial charge < -0.3 is 14.3 Å². The average molecular weight is 277 g/mol. The molecule has 0 aliphatic carbocycles. The molecule has 2 atom stereocenters. The van der Waals surface area contributed by atoms with Crippen LogP contribution in [0.4, 0.5) is 0 Å². The van der Waals surface area contributed by atoms with Crippen LogP contribution >= 0.6 is 15.9 Å². The minimum absolute atomic E-state index is 0.233. The van der Waals surface area contributed by atoms with Gasteiger partial charge in [-0.25, -0.2) is 0 Å². The maximum Gasteiger partial charge on any atom is 0.149 e. The Kier molecular flexibility index (Phi) is 4.83. The summed E-state index contributed by atoms with van der Waals surface area (Å²) in [6.07, 6.45) is 0.582. The number of aliphatic hydroxyl groups is 1. The molecule has 1 aromatic rings. The van der Waals surface area contributed by atoms with Crippen molar-refractivity contribution in [3.63, 3.8) is 0 Å². The first-order valence-corrected chi connectivity index (χ1v) is 5.89. The van der Waals surface area contributed by atoms with Gasteiger partial charge in [-0.15, -0.1) is 0 Å². The zero-order chi connectivity index (χ0) is 11.4. The molecule has 4 heteroatoms. The van der Waals surface area contributed by atoms with Crippen molar-refractivity contribution >= 4 is 15.9 Å². The number of aliphatic hydroxyl groups excluding tert-OH is 1. The molecule has 0 aliphatic heterocycles. The van der Waals surface area contributed by atoms with Gasteiger partial charge in [0.25, 0.3) is 0 Å². The first-order valence-electron chi connectivity index (χ1n) is 5.10. The second kappa shape index (κ2) is 5.68. The molecule has 0 saturated carbocycles. The summed E-state index contributed by atoms with van der Waals surface area (Å²) < 4.78 is 11.5. The quantitative estimate of drug-likeness (QED) is 0.899. The first-order chi connectivity index (χ1) is 7.07. The third kappa shape index (κ3) is 3.06. The number of rotatable bonds is 5. The molecule has 0 amide bonds. The molecule has 1 N–H and O–H groups in total. The fraction of sp³-hybridized carbons (Fsp3) is 0.636. The summed E-state index contributed by atoms with van der Waals surface area (Å²) >= 11 is 3.33. The van der Waals surface area contributed by atoms with E-state index in [1.165, 1.54) is 0 Å². The fourth-order valence-corrected chi connectivity index (χ4v) is 1.94. The monoisotopic (exact) mass is 276 g/mol. The summed E-state index contributed by atoms with van der Waals surface area (Å²) in [4.78, 5) is 0. The van der Waals surface area contributed by atoms with E-state index in [0.29, 0.717) is 12.4 Å². The molecular weight excluding hydrogens is 260 g/mol. The van der Waals surface area contributed by atoms with Crippen LogP contribution in [-0.4, -0.2) is 17.8 Å². The number of ether oxygens (including phenoxy) is 1. The molecule has 86 valence electrons. The highest BCUT2D eigenvalue weighted by Gasteiger charge is 2.28. The molecule has 0 aromatic carbocycles. The molecule has 0 radical (unpaired) electrons. The SMILES string of the molecule is CCOC(C(C)C)C(O)c1occc1Br. The first kappa shape index (κ1) is 12.7. The van der Waals surface area contributed by atoms with Crippen LogP contribution in [0.15, 0.2) is 21.2 Å². The van der Waals surface area contributed by atoms with E-state index in [0.717, 1.165) is 4.47 Å². The summed E-state index contributed by atoms with van der Waals surface area (Å²) in [5.41, 5.74) is 0. The molecule has 15 heavy (non-hydrogen) atoms. The fourth-order valence-electron chi connectivity index (χ4n) is 1.51. The van der Waals surface area contributed by atoms with Crippen molar-refractivity contribution < 1.29 is 14.3 Å². The van der Waals surface area contributed by atoms with Gasteiger partial charge >= 0.3 is 0 Å². The Morgan fingerprint density at radius 1 is 1.53 bits per heavy atom. The standard InChI is InChI=1S/C11H17BrO3/c1-4-14-10(7(2)3)9(13)11-8(12)5-6-15-11/h5-7,9-10,13H,4H2,1-3H3. The molecule has 1 rings (SSSR count). The second-order valence-corrected chi connectivity index (χ2v) is 4.60. The van der Waals surface area contributed by atoms with Gasteiger partial charge in [0.05, 0.1) is 16.8 Å². The van der Waals surface area contributed by atoms with E-state index in [4.69, 9.17) is 9.15 Å². The third-order valence-corrected chi connectivity index (χ3v) is 2.90. The lowest BCUT2D eigenvalue weighted by Gasteiger charge is -2.25. The Labute approximate surface area is 98.6 Å². The van der Waals surface area contributed by atoms with Crippen LogP contribution in [0.1, 0.15) is 32.6 Å². The van der Waals surface area contributed by atoms with E-state index < -0.39 is 6.10 Å². The van der Waals surface area contributed by atoms with E-state index in [9.17, 15) is 5.11 Å². The van der Waals surface area contributed by atoms with E-state index in [1.54, 1.807) is 12.3 Å². The maximum atomic E-state index is 10.1. The Morgan fingerprint density at radius 3 is 2.60 bits per heavy atom. The van der Waals surface area contributed by atoms with Crippen LogP contribution in [-0.2, 0) is 4.74 Å². The Morgan fingerprint density at radius 2 is 2.20 bits per heavy atom. The number of furan rings is 1. The molecule has 0 fully saturated rings. The summed E-state index contributed by atoms with van der Waals surface area (Å²) in [7, 11) is 0. The lowest BCUT2D eigenvalue weighted by atomic mass is 10.00. The van der Waals surface area contributed by atoms with Crippen molar-refractivity contribution in [2.75, 3.05) is 6.61 Å². The highest BCUT2D eigenvalue weighted by Crippen LogP contribution is 2.30. The minimum atomic E-state index is -0.727. The van der Waals surface area contributed by atoms with Crippen molar-refractivity contribution in [3.05, 3.63) is 22.6 Å². The lowest BCUT2D eigenvalue weighted by molar-refractivity contribution is -0.0665. The summed E-state index contributed by atoms with van der Waals surface area (Å²) in [5, 5.41) is 10.1. The zero-order valence-corrected chi connectivity index (χ0v) is 10.8. The second-order valence-electron chi connectivity index (χ2n) is 3.74. The predicted molar refractivity (Wildman–Crippen MR) is 61.6 cm³/mol. The van der Waals surface area contributed by atoms with Crippen LogP contribution in [0.2, 0.25) is 0 Å². The predicted octanol–water partition coefficient (Wildman–Crippen LogP) is 3.14. The maximum absolute atomic E-state index is 10.1. The Hall–Kier alpha value is -0.320. The van der Waals surface area contributed by atoms with Gasteiger partial charge in [0, 0.05) is 6.61 Å². The summed E-state index contributed by atoms with van der Waals surface area (Å²) in [5.74, 6) is 0.763. The van der Waals surface area contributed by atoms with Crippen molar-refractivity contribution in [1.29, 1.82) is 0 Å². The normalized spacial score (nSPS) is 15.6. The third-order valence-electron chi connectivity index (χ3n) is 2.24. The van der Waals surface area contributed by atoms with E-state index >= 15 is 0 Å². The molecule has 0 aliphatic rings. The van der Waals surface area contributed by atoms with Gasteiger partial charge in [0.1, 0.15) is 11.9 Å². The zero-order valence-electron chi connectivity index (χ0n) is 9.24. The Balaban J connectivity index is 2.80. The van der Waals surface area contributed by atoms with Crippen LogP contribution in [0.3, 0.4) is 0 Å². The number of halogens is 1. The van der Waals surface area contributed by atoms with Gasteiger partial charge in [-0.1, -0.05) is 13.8 Å². The smallest absolute Gasteiger partial charge is 0.149 e. The van der Waals surface area contributed by atoms with Crippen molar-refractivity contribution in [1.82, 2.24) is 0 Å². The van der Waals surface area contributed by atoms with Crippen molar-refractivity contribution in [3.8, 4) is 0 Å². The number of hydrogen-bond acceptors (Lipinski definition) is 3. The van der Waals surface area contributed by atoms with Gasteiger partial charge in [0.2, 0.25) is 0 Å². The van der Waals surface area contributed by atoms with E-state index in [2.05, 4.69) is 15.9 Å². The molecule has 3 nitrogen and oxygen atoms in total. The molecule has 0 bridgehead atoms. The van der Waals surface area contributed by atoms with Gasteiger partial charge in [-0.05, 0) is 34.8 Å². The molecule has 1 aromatic heterocycles. The lowest BCUT2D eigenvalue weighted by Crippen LogP contribution is -2.27. The summed E-state index contributed by atoms with van der Waals surface area (Å²) in [6, 6.07) is 1.77. The molecule has 2 unspecified atom stereocenters. The van der Waals surface area contributed by atoms with Gasteiger partial charge in [-0.2, -0.15) is 0 Å². The van der Waals surface area contributed by atoms with E-state index in [-0.39, 0.29) is 12.0 Å². The minimum Gasteiger partial charge on any atom is -0.465 e. The Bertz CT molecular complexity index is 296. The molecule has 0 spiro atoms. The molecule has 1 heterocycles. The molecular formula is C11H17BrO3. The van der Waals surface area contributed by atoms with Crippen molar-refractivity contribution in [2.45, 2.75) is 33.0 Å². The van der Waals surface area contributed by atoms with Crippen LogP contribution in [0.25, 0.3) is 0 Å². The van der Waals surface area contributed by atoms with Crippen LogP contribution < -0.4 is 0 Å². The highest BCUT2D eigenvalue weighted by molar-refractivity contribution is 9.10. The van der Waals surface area contributed by atoms with Crippen LogP contribution in [0, 0.1) is 5.92 Å². The van der Waals surface area contributed by atoms with Crippen molar-refractivity contribution in [2.24, 2.45) is 5.92 Å². The number of hydrogen-bond donors (Lipinski definition) is 1. The summed E-state index contributed by atoms with van der Waals surface area (Å²) in [6.45, 7) is 6.53. The molecule has 0 saturated heterocycles. The van der Waals surface area contributed by atoms with E-state index in [1.807, 2.05) is 20.8 Å².